The maximum Gasteiger partial charge on any atom is 0.166 e. The summed E-state index contributed by atoms with van der Waals surface area (Å²) in [6, 6.07) is 6.47. The van der Waals surface area contributed by atoms with E-state index in [4.69, 9.17) is 0 Å². The number of rotatable bonds is 4. The highest BCUT2D eigenvalue weighted by molar-refractivity contribution is 6.02. The van der Waals surface area contributed by atoms with Crippen LogP contribution in [0.5, 0.6) is 0 Å². The Bertz CT molecular complexity index is 576. The minimum absolute atomic E-state index is 0.248. The van der Waals surface area contributed by atoms with Crippen molar-refractivity contribution in [3.05, 3.63) is 41.0 Å². The quantitative estimate of drug-likeness (QED) is 0.683. The van der Waals surface area contributed by atoms with E-state index in [2.05, 4.69) is 38.1 Å². The molecule has 1 heteroatoms. The fourth-order valence-electron chi connectivity index (χ4n) is 4.12. The summed E-state index contributed by atoms with van der Waals surface area (Å²) in [5, 5.41) is 0. The predicted octanol–water partition coefficient (Wildman–Crippen LogP) is 5.83. The molecule has 3 rings (SSSR count). The molecule has 2 aliphatic rings. The summed E-state index contributed by atoms with van der Waals surface area (Å²) >= 11 is 0. The third kappa shape index (κ3) is 3.19. The van der Waals surface area contributed by atoms with Gasteiger partial charge in [-0.05, 0) is 61.8 Å². The van der Waals surface area contributed by atoms with Crippen molar-refractivity contribution in [3.8, 4) is 0 Å². The monoisotopic (exact) mass is 296 g/mol. The summed E-state index contributed by atoms with van der Waals surface area (Å²) in [4.78, 5) is 12.7. The molecule has 1 nitrogen and oxygen atoms in total. The van der Waals surface area contributed by atoms with Gasteiger partial charge in [0.15, 0.2) is 5.78 Å². The first-order valence-corrected chi connectivity index (χ1v) is 8.99. The molecular formula is C21H28O. The molecule has 0 saturated heterocycles. The lowest BCUT2D eigenvalue weighted by Gasteiger charge is -2.22. The van der Waals surface area contributed by atoms with E-state index in [0.717, 1.165) is 24.3 Å². The van der Waals surface area contributed by atoms with Crippen LogP contribution in [0.2, 0.25) is 0 Å². The molecule has 118 valence electrons. The number of benzene rings is 1. The Labute approximate surface area is 134 Å². The van der Waals surface area contributed by atoms with Crippen LogP contribution in [-0.2, 0) is 6.42 Å². The molecule has 0 spiro atoms. The molecule has 1 saturated carbocycles. The number of allylic oxidation sites excluding steroid dienone is 2. The summed E-state index contributed by atoms with van der Waals surface area (Å²) in [5.74, 6) is 1.53. The van der Waals surface area contributed by atoms with Crippen molar-refractivity contribution in [1.29, 1.82) is 0 Å². The van der Waals surface area contributed by atoms with Crippen LogP contribution in [0.1, 0.15) is 80.3 Å². The van der Waals surface area contributed by atoms with Crippen molar-refractivity contribution in [2.24, 2.45) is 11.8 Å². The van der Waals surface area contributed by atoms with Crippen molar-refractivity contribution < 1.29 is 4.79 Å². The second-order valence-electron chi connectivity index (χ2n) is 7.19. The lowest BCUT2D eigenvalue weighted by atomic mass is 9.83. The van der Waals surface area contributed by atoms with Crippen molar-refractivity contribution >= 4 is 11.4 Å². The predicted molar refractivity (Wildman–Crippen MR) is 93.1 cm³/mol. The molecule has 1 unspecified atom stereocenters. The molecule has 0 N–H and O–H groups in total. The second kappa shape index (κ2) is 6.81. The molecule has 0 radical (unpaired) electrons. The van der Waals surface area contributed by atoms with Crippen molar-refractivity contribution in [3.63, 3.8) is 0 Å². The number of fused-ring (bicyclic) bond motifs is 1. The molecule has 1 atom stereocenters. The molecule has 1 aromatic rings. The summed E-state index contributed by atoms with van der Waals surface area (Å²) in [6.07, 6.45) is 12.4. The molecule has 22 heavy (non-hydrogen) atoms. The Kier molecular flexibility index (Phi) is 4.81. The smallest absolute Gasteiger partial charge is 0.166 e. The first-order chi connectivity index (χ1) is 10.7. The Balaban J connectivity index is 1.66. The van der Waals surface area contributed by atoms with Crippen LogP contribution < -0.4 is 0 Å². The second-order valence-corrected chi connectivity index (χ2v) is 7.19. The van der Waals surface area contributed by atoms with Gasteiger partial charge in [-0.3, -0.25) is 4.79 Å². The lowest BCUT2D eigenvalue weighted by Crippen LogP contribution is -2.13. The van der Waals surface area contributed by atoms with Gasteiger partial charge in [0.25, 0.3) is 0 Å². The normalized spacial score (nSPS) is 22.9. The first kappa shape index (κ1) is 15.5. The zero-order chi connectivity index (χ0) is 15.5. The molecule has 0 aromatic heterocycles. The van der Waals surface area contributed by atoms with E-state index in [1.165, 1.54) is 55.2 Å². The van der Waals surface area contributed by atoms with Gasteiger partial charge in [-0.1, -0.05) is 50.3 Å². The van der Waals surface area contributed by atoms with Gasteiger partial charge in [-0.2, -0.15) is 0 Å². The molecule has 0 bridgehead atoms. The highest BCUT2D eigenvalue weighted by Crippen LogP contribution is 2.35. The maximum atomic E-state index is 12.7. The molecular weight excluding hydrogens is 268 g/mol. The van der Waals surface area contributed by atoms with E-state index in [9.17, 15) is 4.79 Å². The topological polar surface area (TPSA) is 17.1 Å². The standard InChI is InChI=1S/C21H28O/c1-3-15(2)17-11-12-18-13-19(21(22)20(18)14-17)10-9-16-7-5-4-6-8-16/h3,11-12,14,16,19H,4-10,13H2,1-2H3/b15-3-. The molecule has 2 aliphatic carbocycles. The van der Waals surface area contributed by atoms with Crippen molar-refractivity contribution in [2.45, 2.75) is 65.2 Å². The first-order valence-electron chi connectivity index (χ1n) is 8.99. The average molecular weight is 296 g/mol. The highest BCUT2D eigenvalue weighted by Gasteiger charge is 2.31. The van der Waals surface area contributed by atoms with Gasteiger partial charge in [0.2, 0.25) is 0 Å². The van der Waals surface area contributed by atoms with Crippen molar-refractivity contribution in [2.75, 3.05) is 0 Å². The SMILES string of the molecule is C/C=C(/C)c1ccc2c(c1)C(=O)C(CCC1CCCCC1)C2. The molecule has 0 aliphatic heterocycles. The van der Waals surface area contributed by atoms with Gasteiger partial charge in [0.1, 0.15) is 0 Å². The van der Waals surface area contributed by atoms with Gasteiger partial charge in [0, 0.05) is 11.5 Å². The van der Waals surface area contributed by atoms with Crippen molar-refractivity contribution in [1.82, 2.24) is 0 Å². The van der Waals surface area contributed by atoms with E-state index in [0.29, 0.717) is 5.78 Å². The number of carbonyl (C=O) groups is 1. The highest BCUT2D eigenvalue weighted by atomic mass is 16.1. The minimum Gasteiger partial charge on any atom is -0.294 e. The molecule has 0 amide bonds. The van der Waals surface area contributed by atoms with Crippen LogP contribution in [0.15, 0.2) is 24.3 Å². The van der Waals surface area contributed by atoms with Crippen LogP contribution in [-0.4, -0.2) is 5.78 Å². The fraction of sp³-hybridized carbons (Fsp3) is 0.571. The van der Waals surface area contributed by atoms with E-state index >= 15 is 0 Å². The van der Waals surface area contributed by atoms with Crippen LogP contribution in [0, 0.1) is 11.8 Å². The molecule has 1 fully saturated rings. The van der Waals surface area contributed by atoms with E-state index in [-0.39, 0.29) is 5.92 Å². The largest absolute Gasteiger partial charge is 0.294 e. The zero-order valence-corrected chi connectivity index (χ0v) is 14.0. The minimum atomic E-state index is 0.248. The third-order valence-corrected chi connectivity index (χ3v) is 5.75. The van der Waals surface area contributed by atoms with E-state index in [1.807, 2.05) is 0 Å². The number of hydrogen-bond acceptors (Lipinski definition) is 1. The Morgan fingerprint density at radius 2 is 1.95 bits per heavy atom. The van der Waals surface area contributed by atoms with Crippen LogP contribution in [0.4, 0.5) is 0 Å². The van der Waals surface area contributed by atoms with Crippen LogP contribution in [0.25, 0.3) is 5.57 Å². The third-order valence-electron chi connectivity index (χ3n) is 5.75. The summed E-state index contributed by atoms with van der Waals surface area (Å²) in [7, 11) is 0. The van der Waals surface area contributed by atoms with Crippen LogP contribution >= 0.6 is 0 Å². The maximum absolute atomic E-state index is 12.7. The molecule has 1 aromatic carbocycles. The van der Waals surface area contributed by atoms with Gasteiger partial charge in [0.05, 0.1) is 0 Å². The van der Waals surface area contributed by atoms with E-state index in [1.54, 1.807) is 0 Å². The van der Waals surface area contributed by atoms with Gasteiger partial charge >= 0.3 is 0 Å². The van der Waals surface area contributed by atoms with E-state index < -0.39 is 0 Å². The summed E-state index contributed by atoms with van der Waals surface area (Å²) < 4.78 is 0. The van der Waals surface area contributed by atoms with Crippen LogP contribution in [0.3, 0.4) is 0 Å². The lowest BCUT2D eigenvalue weighted by molar-refractivity contribution is 0.0924. The van der Waals surface area contributed by atoms with Gasteiger partial charge < -0.3 is 0 Å². The number of Topliss-reactive ketones (excluding diaryl/α,β-unsaturated/α-hetero) is 1. The summed E-state index contributed by atoms with van der Waals surface area (Å²) in [5.41, 5.74) is 4.71. The Morgan fingerprint density at radius 3 is 2.68 bits per heavy atom. The number of ketones is 1. The summed E-state index contributed by atoms with van der Waals surface area (Å²) in [6.45, 7) is 4.17. The van der Waals surface area contributed by atoms with Gasteiger partial charge in [-0.15, -0.1) is 0 Å². The number of carbonyl (C=O) groups excluding carboxylic acids is 1. The van der Waals surface area contributed by atoms with Gasteiger partial charge in [-0.25, -0.2) is 0 Å². The number of hydrogen-bond donors (Lipinski definition) is 0. The Hall–Kier alpha value is -1.37. The zero-order valence-electron chi connectivity index (χ0n) is 14.0. The molecule has 0 heterocycles. The average Bonchev–Trinajstić information content (AvgIpc) is 2.89. The fourth-order valence-corrected chi connectivity index (χ4v) is 4.12. The Morgan fingerprint density at radius 1 is 1.18 bits per heavy atom.